The van der Waals surface area contributed by atoms with E-state index in [1.54, 1.807) is 6.07 Å². The average molecular weight is 463 g/mol. The fraction of sp³-hybridized carbons (Fsp3) is 0.560. The number of benzene rings is 1. The van der Waals surface area contributed by atoms with Crippen molar-refractivity contribution in [3.05, 3.63) is 59.2 Å². The second-order valence-corrected chi connectivity index (χ2v) is 9.13. The second-order valence-electron chi connectivity index (χ2n) is 9.13. The average Bonchev–Trinajstić information content (AvgIpc) is 3.58. The fourth-order valence-electron chi connectivity index (χ4n) is 4.69. The Hall–Kier alpha value is -2.16. The van der Waals surface area contributed by atoms with E-state index in [2.05, 4.69) is 20.5 Å². The number of ether oxygens (including phenoxy) is 1. The molecule has 2 aliphatic rings. The number of nitrogens with one attached hydrogen (secondary N) is 2. The molecule has 1 aromatic heterocycles. The summed E-state index contributed by atoms with van der Waals surface area (Å²) in [5.74, 6) is -1.32. The van der Waals surface area contributed by atoms with Crippen molar-refractivity contribution in [2.75, 3.05) is 39.8 Å². The number of likely N-dealkylation sites (N-methyl/N-ethyl adjacent to an activating group) is 1. The van der Waals surface area contributed by atoms with Gasteiger partial charge in [-0.2, -0.15) is 4.39 Å². The normalized spacial score (nSPS) is 21.3. The highest BCUT2D eigenvalue weighted by Crippen LogP contribution is 2.46. The summed E-state index contributed by atoms with van der Waals surface area (Å²) in [4.78, 5) is 6.09. The Morgan fingerprint density at radius 2 is 1.97 bits per heavy atom. The molecule has 0 radical (unpaired) electrons. The van der Waals surface area contributed by atoms with Gasteiger partial charge in [-0.05, 0) is 76.5 Å². The van der Waals surface area contributed by atoms with Gasteiger partial charge in [0.15, 0.2) is 11.6 Å². The molecular formula is C25H33F3N4O. The molecule has 0 bridgehead atoms. The van der Waals surface area contributed by atoms with Gasteiger partial charge in [-0.25, -0.2) is 13.8 Å². The molecule has 2 fully saturated rings. The van der Waals surface area contributed by atoms with Gasteiger partial charge in [0.05, 0.1) is 0 Å². The van der Waals surface area contributed by atoms with Crippen molar-refractivity contribution in [1.29, 1.82) is 0 Å². The first-order valence-corrected chi connectivity index (χ1v) is 11.9. The van der Waals surface area contributed by atoms with E-state index < -0.39 is 17.6 Å². The quantitative estimate of drug-likeness (QED) is 0.497. The van der Waals surface area contributed by atoms with Crippen molar-refractivity contribution in [3.8, 4) is 5.75 Å². The van der Waals surface area contributed by atoms with Crippen LogP contribution in [0.25, 0.3) is 0 Å². The molecule has 2 heterocycles. The lowest BCUT2D eigenvalue weighted by Crippen LogP contribution is -2.38. The lowest BCUT2D eigenvalue weighted by atomic mass is 9.93. The molecule has 8 heteroatoms. The van der Waals surface area contributed by atoms with Gasteiger partial charge in [0, 0.05) is 48.4 Å². The van der Waals surface area contributed by atoms with E-state index in [0.29, 0.717) is 5.56 Å². The third-order valence-electron chi connectivity index (χ3n) is 6.78. The standard InChI is InChI=1S/C25H33F3N4O/c1-29-9-12-32-10-5-17(6-11-32)4-8-30-23-15-20(23)21-13-19(26)14-22(27)24(21)33-16-18-3-2-7-31-25(18)28/h2-3,7,13-14,17,20,23,29-30H,4-6,8-12,15-16H2,1H3. The number of hydrogen-bond donors (Lipinski definition) is 2. The van der Waals surface area contributed by atoms with Crippen molar-refractivity contribution in [3.63, 3.8) is 0 Å². The maximum Gasteiger partial charge on any atom is 0.219 e. The molecule has 180 valence electrons. The smallest absolute Gasteiger partial charge is 0.219 e. The van der Waals surface area contributed by atoms with Crippen LogP contribution in [0, 0.1) is 23.5 Å². The predicted octanol–water partition coefficient (Wildman–Crippen LogP) is 3.84. The van der Waals surface area contributed by atoms with Crippen LogP contribution in [0.2, 0.25) is 0 Å². The zero-order valence-corrected chi connectivity index (χ0v) is 19.1. The van der Waals surface area contributed by atoms with E-state index in [4.69, 9.17) is 4.74 Å². The SMILES string of the molecule is CNCCN1CCC(CCNC2CC2c2cc(F)cc(F)c2OCc2cccnc2F)CC1. The number of rotatable bonds is 11. The molecule has 2 unspecified atom stereocenters. The summed E-state index contributed by atoms with van der Waals surface area (Å²) in [6, 6.07) is 5.46. The van der Waals surface area contributed by atoms with Crippen LogP contribution in [-0.4, -0.2) is 55.7 Å². The minimum absolute atomic E-state index is 0.00268. The van der Waals surface area contributed by atoms with Gasteiger partial charge in [-0.1, -0.05) is 0 Å². The number of halogens is 3. The van der Waals surface area contributed by atoms with Gasteiger partial charge >= 0.3 is 0 Å². The lowest BCUT2D eigenvalue weighted by molar-refractivity contribution is 0.180. The Morgan fingerprint density at radius 3 is 2.73 bits per heavy atom. The first-order valence-electron chi connectivity index (χ1n) is 11.9. The van der Waals surface area contributed by atoms with E-state index in [-0.39, 0.29) is 29.9 Å². The molecule has 0 spiro atoms. The van der Waals surface area contributed by atoms with Crippen LogP contribution in [-0.2, 0) is 6.61 Å². The Labute approximate surface area is 193 Å². The summed E-state index contributed by atoms with van der Waals surface area (Å²) in [6.45, 7) is 5.18. The Morgan fingerprint density at radius 1 is 1.15 bits per heavy atom. The molecule has 1 saturated heterocycles. The molecule has 0 amide bonds. The van der Waals surface area contributed by atoms with Crippen molar-refractivity contribution >= 4 is 0 Å². The lowest BCUT2D eigenvalue weighted by Gasteiger charge is -2.32. The van der Waals surface area contributed by atoms with Crippen LogP contribution in [0.4, 0.5) is 13.2 Å². The van der Waals surface area contributed by atoms with Gasteiger partial charge in [0.2, 0.25) is 5.95 Å². The van der Waals surface area contributed by atoms with Crippen molar-refractivity contribution < 1.29 is 17.9 Å². The first kappa shape index (κ1) is 24.0. The summed E-state index contributed by atoms with van der Waals surface area (Å²) in [5, 5.41) is 6.75. The van der Waals surface area contributed by atoms with Gasteiger partial charge in [-0.3, -0.25) is 0 Å². The molecule has 2 atom stereocenters. The molecule has 1 aliphatic carbocycles. The predicted molar refractivity (Wildman–Crippen MR) is 122 cm³/mol. The number of likely N-dealkylation sites (tertiary alicyclic amines) is 1. The molecular weight excluding hydrogens is 429 g/mol. The Kier molecular flexibility index (Phi) is 8.22. The summed E-state index contributed by atoms with van der Waals surface area (Å²) in [6.07, 6.45) is 5.71. The van der Waals surface area contributed by atoms with E-state index >= 15 is 0 Å². The molecule has 1 aliphatic heterocycles. The third-order valence-corrected chi connectivity index (χ3v) is 6.78. The van der Waals surface area contributed by atoms with E-state index in [1.807, 2.05) is 7.05 Å². The molecule has 2 aromatic rings. The topological polar surface area (TPSA) is 49.4 Å². The number of piperidine rings is 1. The number of hydrogen-bond acceptors (Lipinski definition) is 5. The molecule has 4 rings (SSSR count). The summed E-state index contributed by atoms with van der Waals surface area (Å²) >= 11 is 0. The van der Waals surface area contributed by atoms with Crippen molar-refractivity contribution in [2.24, 2.45) is 5.92 Å². The highest BCUT2D eigenvalue weighted by atomic mass is 19.1. The van der Waals surface area contributed by atoms with E-state index in [9.17, 15) is 13.2 Å². The van der Waals surface area contributed by atoms with Gasteiger partial charge < -0.3 is 20.3 Å². The maximum atomic E-state index is 14.5. The molecule has 5 nitrogen and oxygen atoms in total. The maximum absolute atomic E-state index is 14.5. The van der Waals surface area contributed by atoms with Crippen LogP contribution >= 0.6 is 0 Å². The summed E-state index contributed by atoms with van der Waals surface area (Å²) in [7, 11) is 1.98. The van der Waals surface area contributed by atoms with E-state index in [0.717, 1.165) is 57.5 Å². The monoisotopic (exact) mass is 462 g/mol. The van der Waals surface area contributed by atoms with Gasteiger partial charge in [0.25, 0.3) is 0 Å². The second kappa shape index (κ2) is 11.3. The number of aromatic nitrogens is 1. The number of nitrogens with zero attached hydrogens (tertiary/aromatic N) is 2. The third kappa shape index (κ3) is 6.46. The van der Waals surface area contributed by atoms with Crippen LogP contribution in [0.5, 0.6) is 5.75 Å². The van der Waals surface area contributed by atoms with Crippen LogP contribution < -0.4 is 15.4 Å². The van der Waals surface area contributed by atoms with Crippen molar-refractivity contribution in [2.45, 2.75) is 44.2 Å². The summed E-state index contributed by atoms with van der Waals surface area (Å²) in [5.41, 5.74) is 0.738. The van der Waals surface area contributed by atoms with Crippen LogP contribution in [0.3, 0.4) is 0 Å². The van der Waals surface area contributed by atoms with Crippen molar-refractivity contribution in [1.82, 2.24) is 20.5 Å². The zero-order valence-electron chi connectivity index (χ0n) is 19.1. The molecule has 1 saturated carbocycles. The summed E-state index contributed by atoms with van der Waals surface area (Å²) < 4.78 is 47.9. The molecule has 2 N–H and O–H groups in total. The van der Waals surface area contributed by atoms with Crippen LogP contribution in [0.15, 0.2) is 30.5 Å². The van der Waals surface area contributed by atoms with Crippen LogP contribution in [0.1, 0.15) is 42.7 Å². The van der Waals surface area contributed by atoms with Gasteiger partial charge in [0.1, 0.15) is 12.4 Å². The highest BCUT2D eigenvalue weighted by molar-refractivity contribution is 5.42. The number of pyridine rings is 1. The fourth-order valence-corrected chi connectivity index (χ4v) is 4.69. The first-order chi connectivity index (χ1) is 16.0. The zero-order chi connectivity index (χ0) is 23.2. The Bertz CT molecular complexity index is 921. The molecule has 1 aromatic carbocycles. The van der Waals surface area contributed by atoms with Gasteiger partial charge in [-0.15, -0.1) is 0 Å². The Balaban J connectivity index is 1.27. The largest absolute Gasteiger partial charge is 0.485 e. The minimum Gasteiger partial charge on any atom is -0.485 e. The van der Waals surface area contributed by atoms with E-state index in [1.165, 1.54) is 31.2 Å². The minimum atomic E-state index is -0.759. The highest BCUT2D eigenvalue weighted by Gasteiger charge is 2.41. The molecule has 33 heavy (non-hydrogen) atoms.